The van der Waals surface area contributed by atoms with Crippen LogP contribution >= 0.6 is 0 Å². The number of carbonyl (C=O) groups is 1. The summed E-state index contributed by atoms with van der Waals surface area (Å²) in [5.41, 5.74) is 2.43. The van der Waals surface area contributed by atoms with Crippen molar-refractivity contribution in [3.05, 3.63) is 11.1 Å². The molecule has 0 radical (unpaired) electrons. The number of rotatable bonds is 11. The van der Waals surface area contributed by atoms with Gasteiger partial charge < -0.3 is 13.3 Å². The maximum absolute atomic E-state index is 13.9. The van der Waals surface area contributed by atoms with Crippen LogP contribution in [0.2, 0.25) is 54.4 Å². The average Bonchev–Trinajstić information content (AvgIpc) is 3.24. The standard InChI is InChI=1S/C40H76O4Si3/c1-17-47(18-2,19-3)44-40-25-22-31(28-42-45(13,14)36(5,6)7)39(40,12)27-33(29(4)41)35-34(40)21-20-30-26-32(23-24-38(30,35)11)43-46(15,16)37(8,9)10/h30-32,34H,17-28H2,1-16H3/t30-,31-,32+,34+,38+,39-,40+/m1/s1. The highest BCUT2D eigenvalue weighted by molar-refractivity contribution is 6.74. The highest BCUT2D eigenvalue weighted by atomic mass is 28.4. The van der Waals surface area contributed by atoms with Gasteiger partial charge in [-0.05, 0) is 136 Å². The minimum Gasteiger partial charge on any atom is -0.417 e. The topological polar surface area (TPSA) is 44.8 Å². The Kier molecular flexibility index (Phi) is 11.1. The lowest BCUT2D eigenvalue weighted by molar-refractivity contribution is -0.132. The van der Waals surface area contributed by atoms with Gasteiger partial charge >= 0.3 is 0 Å². The van der Waals surface area contributed by atoms with Crippen LogP contribution in [0.25, 0.3) is 0 Å². The van der Waals surface area contributed by atoms with Gasteiger partial charge in [0.05, 0.1) is 5.60 Å². The summed E-state index contributed by atoms with van der Waals surface area (Å²) in [6, 6.07) is 3.50. The smallest absolute Gasteiger partial charge is 0.192 e. The highest BCUT2D eigenvalue weighted by Gasteiger charge is 2.69. The molecule has 0 amide bonds. The molecule has 0 aromatic heterocycles. The summed E-state index contributed by atoms with van der Waals surface area (Å²) in [7, 11) is -5.74. The molecule has 0 N–H and O–H groups in total. The fourth-order valence-electron chi connectivity index (χ4n) is 10.1. The minimum atomic E-state index is -1.97. The van der Waals surface area contributed by atoms with E-state index in [1.165, 1.54) is 35.7 Å². The van der Waals surface area contributed by atoms with Gasteiger partial charge in [-0.1, -0.05) is 81.7 Å². The van der Waals surface area contributed by atoms with Gasteiger partial charge in [0.25, 0.3) is 0 Å². The molecule has 7 atom stereocenters. The Hall–Kier alpha value is -0.0594. The minimum absolute atomic E-state index is 0.0412. The summed E-state index contributed by atoms with van der Waals surface area (Å²) in [4.78, 5) is 13.9. The summed E-state index contributed by atoms with van der Waals surface area (Å²) in [6.07, 6.45) is 9.18. The lowest BCUT2D eigenvalue weighted by Crippen LogP contribution is -2.64. The molecule has 0 aromatic carbocycles. The van der Waals surface area contributed by atoms with Crippen LogP contribution in [0.3, 0.4) is 0 Å². The predicted octanol–water partition coefficient (Wildman–Crippen LogP) is 12.1. The third-order valence-electron chi connectivity index (χ3n) is 15.8. The summed E-state index contributed by atoms with van der Waals surface area (Å²) in [5.74, 6) is 1.61. The van der Waals surface area contributed by atoms with E-state index in [9.17, 15) is 4.79 Å². The van der Waals surface area contributed by atoms with Crippen molar-refractivity contribution < 1.29 is 18.1 Å². The van der Waals surface area contributed by atoms with Crippen molar-refractivity contribution in [2.45, 2.75) is 201 Å². The molecule has 0 spiro atoms. The second kappa shape index (κ2) is 13.2. The highest BCUT2D eigenvalue weighted by Crippen LogP contribution is 2.71. The fraction of sp³-hybridized carbons (Fsp3) is 0.925. The Balaban J connectivity index is 1.80. The van der Waals surface area contributed by atoms with Crippen molar-refractivity contribution in [3.8, 4) is 0 Å². The van der Waals surface area contributed by atoms with Crippen LogP contribution in [-0.2, 0) is 18.1 Å². The SMILES string of the molecule is CC[Si](CC)(CC)O[C@]12CC[C@H](CO[Si](C)(C)C(C)(C)C)[C@@]1(C)CC(C(C)=O)=C1[C@@H]2CC[C@@H]2C[C@@H](O[Si](C)(C)C(C)(C)C)CC[C@]12C. The lowest BCUT2D eigenvalue weighted by Gasteiger charge is -2.64. The second-order valence-corrected chi connectivity index (χ2v) is 34.4. The Morgan fingerprint density at radius 3 is 1.91 bits per heavy atom. The number of hydrogen-bond acceptors (Lipinski definition) is 4. The second-order valence-electron chi connectivity index (χ2n) is 20.1. The molecule has 4 nitrogen and oxygen atoms in total. The van der Waals surface area contributed by atoms with Gasteiger partial charge in [0.1, 0.15) is 0 Å². The molecule has 3 fully saturated rings. The lowest BCUT2D eigenvalue weighted by atomic mass is 9.45. The maximum Gasteiger partial charge on any atom is 0.192 e. The molecule has 0 aromatic rings. The number of allylic oxidation sites excluding steroid dienone is 1. The van der Waals surface area contributed by atoms with E-state index in [0.29, 0.717) is 29.6 Å². The molecular formula is C40H76O4Si3. The maximum atomic E-state index is 13.9. The van der Waals surface area contributed by atoms with Crippen LogP contribution < -0.4 is 0 Å². The van der Waals surface area contributed by atoms with Gasteiger partial charge in [-0.3, -0.25) is 4.79 Å². The monoisotopic (exact) mass is 705 g/mol. The first-order chi connectivity index (χ1) is 21.4. The largest absolute Gasteiger partial charge is 0.417 e. The molecule has 4 aliphatic rings. The Morgan fingerprint density at radius 2 is 1.40 bits per heavy atom. The van der Waals surface area contributed by atoms with E-state index in [2.05, 4.69) is 102 Å². The number of Topliss-reactive ketones (excluding diaryl/α,β-unsaturated/α-hetero) is 1. The summed E-state index contributed by atoms with van der Waals surface area (Å²) in [5, 5.41) is 0.397. The molecule has 4 aliphatic carbocycles. The van der Waals surface area contributed by atoms with Gasteiger partial charge in [-0.15, -0.1) is 0 Å². The predicted molar refractivity (Wildman–Crippen MR) is 208 cm³/mol. The van der Waals surface area contributed by atoms with Crippen molar-refractivity contribution in [2.24, 2.45) is 28.6 Å². The van der Waals surface area contributed by atoms with E-state index in [-0.39, 0.29) is 26.5 Å². The third-order valence-corrected chi connectivity index (χ3v) is 29.5. The first-order valence-corrected chi connectivity index (χ1v) is 28.0. The van der Waals surface area contributed by atoms with Crippen LogP contribution in [0.4, 0.5) is 0 Å². The molecule has 0 bridgehead atoms. The molecule has 0 aliphatic heterocycles. The molecule has 3 saturated carbocycles. The van der Waals surface area contributed by atoms with E-state index in [4.69, 9.17) is 13.3 Å². The van der Waals surface area contributed by atoms with Gasteiger partial charge in [0.2, 0.25) is 0 Å². The van der Waals surface area contributed by atoms with E-state index in [1.807, 2.05) is 6.92 Å². The zero-order valence-electron chi connectivity index (χ0n) is 33.9. The van der Waals surface area contributed by atoms with E-state index in [0.717, 1.165) is 51.6 Å². The van der Waals surface area contributed by atoms with Gasteiger partial charge in [-0.2, -0.15) is 0 Å². The van der Waals surface area contributed by atoms with E-state index in [1.54, 1.807) is 0 Å². The number of carbonyl (C=O) groups excluding carboxylic acids is 1. The van der Waals surface area contributed by atoms with Crippen molar-refractivity contribution in [2.75, 3.05) is 6.61 Å². The molecular weight excluding hydrogens is 629 g/mol. The summed E-state index contributed by atoms with van der Waals surface area (Å²) in [6.45, 7) is 38.7. The summed E-state index contributed by atoms with van der Waals surface area (Å²) < 4.78 is 22.2. The molecule has 7 heteroatoms. The number of hydrogen-bond donors (Lipinski definition) is 0. The number of ketones is 1. The Morgan fingerprint density at radius 1 is 0.830 bits per heavy atom. The molecule has 0 saturated heterocycles. The normalized spacial score (nSPS) is 35.4. The molecule has 47 heavy (non-hydrogen) atoms. The quantitative estimate of drug-likeness (QED) is 0.201. The van der Waals surface area contributed by atoms with E-state index < -0.39 is 25.0 Å². The van der Waals surface area contributed by atoms with Gasteiger partial charge in [-0.25, -0.2) is 0 Å². The molecule has 272 valence electrons. The van der Waals surface area contributed by atoms with Crippen molar-refractivity contribution in [1.29, 1.82) is 0 Å². The zero-order valence-corrected chi connectivity index (χ0v) is 36.9. The molecule has 0 unspecified atom stereocenters. The Labute approximate surface area is 294 Å². The summed E-state index contributed by atoms with van der Waals surface area (Å²) >= 11 is 0. The van der Waals surface area contributed by atoms with Crippen LogP contribution in [0.15, 0.2) is 11.1 Å². The van der Waals surface area contributed by atoms with Crippen molar-refractivity contribution >= 4 is 30.7 Å². The zero-order chi connectivity index (χ0) is 35.6. The third kappa shape index (κ3) is 6.71. The van der Waals surface area contributed by atoms with Crippen LogP contribution in [-0.4, -0.2) is 49.0 Å². The average molecular weight is 705 g/mol. The first kappa shape index (κ1) is 39.7. The van der Waals surface area contributed by atoms with E-state index >= 15 is 0 Å². The van der Waals surface area contributed by atoms with Crippen LogP contribution in [0.1, 0.15) is 134 Å². The van der Waals surface area contributed by atoms with Crippen molar-refractivity contribution in [1.82, 2.24) is 0 Å². The Bertz CT molecular complexity index is 1180. The van der Waals surface area contributed by atoms with Gasteiger partial charge in [0, 0.05) is 24.0 Å². The first-order valence-electron chi connectivity index (χ1n) is 19.7. The van der Waals surface area contributed by atoms with Gasteiger partial charge in [0.15, 0.2) is 30.7 Å². The molecule has 4 rings (SSSR count). The van der Waals surface area contributed by atoms with Crippen molar-refractivity contribution in [3.63, 3.8) is 0 Å². The molecule has 0 heterocycles. The van der Waals surface area contributed by atoms with Crippen LogP contribution in [0.5, 0.6) is 0 Å². The fourth-order valence-corrected chi connectivity index (χ4v) is 15.8. The van der Waals surface area contributed by atoms with Crippen LogP contribution in [0, 0.1) is 28.6 Å². The number of fused-ring (bicyclic) bond motifs is 5.